The topological polar surface area (TPSA) is 152 Å². The number of rotatable bonds is 7. The number of aryl methyl sites for hydroxylation is 1. The first-order valence-corrected chi connectivity index (χ1v) is 11.9. The second-order valence-corrected chi connectivity index (χ2v) is 9.97. The summed E-state index contributed by atoms with van der Waals surface area (Å²) in [5, 5.41) is 30.7. The second-order valence-electron chi connectivity index (χ2n) is 9.97. The van der Waals surface area contributed by atoms with Crippen molar-refractivity contribution in [2.24, 2.45) is 13.0 Å². The largest absolute Gasteiger partial charge is 0.487 e. The van der Waals surface area contributed by atoms with Crippen molar-refractivity contribution in [3.8, 4) is 23.2 Å². The molecule has 0 bridgehead atoms. The van der Waals surface area contributed by atoms with Gasteiger partial charge in [-0.3, -0.25) is 4.79 Å². The molecule has 1 aliphatic carbocycles. The fourth-order valence-electron chi connectivity index (χ4n) is 4.21. The summed E-state index contributed by atoms with van der Waals surface area (Å²) in [4.78, 5) is 24.8. The molecule has 3 heterocycles. The monoisotopic (exact) mass is 490 g/mol. The lowest BCUT2D eigenvalue weighted by molar-refractivity contribution is -0.143. The minimum atomic E-state index is -0.809. The van der Waals surface area contributed by atoms with E-state index in [0.29, 0.717) is 42.5 Å². The molecule has 0 amide bonds. The molecule has 0 spiro atoms. The van der Waals surface area contributed by atoms with E-state index in [0.717, 1.165) is 24.2 Å². The molecule has 0 saturated heterocycles. The van der Waals surface area contributed by atoms with Crippen LogP contribution in [0.2, 0.25) is 0 Å². The lowest BCUT2D eigenvalue weighted by atomic mass is 9.87. The number of aromatic nitrogens is 6. The van der Waals surface area contributed by atoms with E-state index >= 15 is 0 Å². The number of carbonyl (C=O) groups is 1. The molecule has 188 valence electrons. The van der Waals surface area contributed by atoms with Gasteiger partial charge in [-0.15, -0.1) is 5.10 Å². The van der Waals surface area contributed by atoms with Crippen LogP contribution in [0, 0.1) is 17.2 Å². The highest BCUT2D eigenvalue weighted by molar-refractivity contribution is 5.70. The van der Waals surface area contributed by atoms with E-state index in [1.807, 2.05) is 6.07 Å². The van der Waals surface area contributed by atoms with Gasteiger partial charge in [-0.25, -0.2) is 19.6 Å². The predicted molar refractivity (Wildman–Crippen MR) is 131 cm³/mol. The van der Waals surface area contributed by atoms with Crippen molar-refractivity contribution in [1.82, 2.24) is 29.9 Å². The SMILES string of the molecule is Cn1nnc(-c2ccc(O[C@H]3CCC[C@H](C(=O)O)C3)c(C#N)n2)c1CNc1nccc(C(C)(C)C)n1. The molecule has 36 heavy (non-hydrogen) atoms. The van der Waals surface area contributed by atoms with Gasteiger partial charge < -0.3 is 15.2 Å². The van der Waals surface area contributed by atoms with Crippen LogP contribution in [0.5, 0.6) is 5.75 Å². The normalized spacial score (nSPS) is 17.9. The molecule has 1 saturated carbocycles. The maximum Gasteiger partial charge on any atom is 0.306 e. The van der Waals surface area contributed by atoms with Crippen LogP contribution in [0.25, 0.3) is 11.4 Å². The first kappa shape index (κ1) is 25.0. The summed E-state index contributed by atoms with van der Waals surface area (Å²) in [5.74, 6) is -0.398. The van der Waals surface area contributed by atoms with Gasteiger partial charge in [-0.2, -0.15) is 5.26 Å². The number of ether oxygens (including phenoxy) is 1. The van der Waals surface area contributed by atoms with Crippen molar-refractivity contribution >= 4 is 11.9 Å². The molecule has 4 rings (SSSR count). The molecular weight excluding hydrogens is 460 g/mol. The zero-order chi connectivity index (χ0) is 25.9. The molecule has 0 aromatic carbocycles. The zero-order valence-corrected chi connectivity index (χ0v) is 20.9. The molecule has 0 aliphatic heterocycles. The maximum atomic E-state index is 11.4. The van der Waals surface area contributed by atoms with Crippen LogP contribution in [-0.4, -0.2) is 47.1 Å². The number of nitrogens with one attached hydrogen (secondary N) is 1. The third kappa shape index (κ3) is 5.59. The molecular formula is C25H30N8O3. The summed E-state index contributed by atoms with van der Waals surface area (Å²) in [6, 6.07) is 7.41. The molecule has 11 nitrogen and oxygen atoms in total. The number of hydrogen-bond donors (Lipinski definition) is 2. The van der Waals surface area contributed by atoms with Crippen molar-refractivity contribution in [2.45, 2.75) is 64.5 Å². The summed E-state index contributed by atoms with van der Waals surface area (Å²) in [6.45, 7) is 6.62. The molecule has 0 unspecified atom stereocenters. The van der Waals surface area contributed by atoms with Crippen LogP contribution < -0.4 is 10.1 Å². The fraction of sp³-hybridized carbons (Fsp3) is 0.480. The van der Waals surface area contributed by atoms with E-state index in [-0.39, 0.29) is 17.2 Å². The van der Waals surface area contributed by atoms with Crippen LogP contribution in [0.4, 0.5) is 5.95 Å². The smallest absolute Gasteiger partial charge is 0.306 e. The average molecular weight is 491 g/mol. The van der Waals surface area contributed by atoms with Crippen molar-refractivity contribution in [1.29, 1.82) is 5.26 Å². The minimum Gasteiger partial charge on any atom is -0.487 e. The summed E-state index contributed by atoms with van der Waals surface area (Å²) >= 11 is 0. The van der Waals surface area contributed by atoms with E-state index in [4.69, 9.17) is 4.74 Å². The van der Waals surface area contributed by atoms with Gasteiger partial charge in [0, 0.05) is 18.7 Å². The molecule has 3 aromatic heterocycles. The summed E-state index contributed by atoms with van der Waals surface area (Å²) in [6.07, 6.45) is 4.04. The predicted octanol–water partition coefficient (Wildman–Crippen LogP) is 3.47. The minimum absolute atomic E-state index is 0.105. The van der Waals surface area contributed by atoms with Gasteiger partial charge in [0.05, 0.1) is 35.6 Å². The second kappa shape index (κ2) is 10.3. The third-order valence-corrected chi connectivity index (χ3v) is 6.26. The Bertz CT molecular complexity index is 1290. The highest BCUT2D eigenvalue weighted by Crippen LogP contribution is 2.30. The van der Waals surface area contributed by atoms with Crippen LogP contribution in [0.15, 0.2) is 24.4 Å². The van der Waals surface area contributed by atoms with E-state index in [1.165, 1.54) is 0 Å². The molecule has 2 atom stereocenters. The van der Waals surface area contributed by atoms with Gasteiger partial charge in [0.2, 0.25) is 5.95 Å². The Morgan fingerprint density at radius 2 is 2.08 bits per heavy atom. The Labute approximate surface area is 209 Å². The van der Waals surface area contributed by atoms with Gasteiger partial charge >= 0.3 is 5.97 Å². The van der Waals surface area contributed by atoms with Gasteiger partial charge in [0.15, 0.2) is 11.4 Å². The lowest BCUT2D eigenvalue weighted by Crippen LogP contribution is -2.29. The molecule has 11 heteroatoms. The van der Waals surface area contributed by atoms with Crippen LogP contribution in [-0.2, 0) is 23.8 Å². The molecule has 3 aromatic rings. The number of carboxylic acid groups (broad SMARTS) is 1. The van der Waals surface area contributed by atoms with Crippen LogP contribution >= 0.6 is 0 Å². The standard InChI is InChI=1S/C25H30N8O3/c1-25(2,3)21-10-11-27-24(30-21)28-14-19-22(31-32-33(19)4)17-8-9-20(18(13-26)29-17)36-16-7-5-6-15(12-16)23(34)35/h8-11,15-16H,5-7,12,14H2,1-4H3,(H,34,35)(H,27,28,30)/t15-,16-/m0/s1. The highest BCUT2D eigenvalue weighted by atomic mass is 16.5. The van der Waals surface area contributed by atoms with E-state index in [2.05, 4.69) is 57.4 Å². The molecule has 0 radical (unpaired) electrons. The third-order valence-electron chi connectivity index (χ3n) is 6.26. The van der Waals surface area contributed by atoms with Crippen molar-refractivity contribution in [2.75, 3.05) is 5.32 Å². The van der Waals surface area contributed by atoms with Gasteiger partial charge in [-0.05, 0) is 43.9 Å². The lowest BCUT2D eigenvalue weighted by Gasteiger charge is -2.27. The quantitative estimate of drug-likeness (QED) is 0.503. The maximum absolute atomic E-state index is 11.4. The number of aliphatic carboxylic acids is 1. The number of anilines is 1. The Hall–Kier alpha value is -4.07. The first-order chi connectivity index (χ1) is 17.2. The summed E-state index contributed by atoms with van der Waals surface area (Å²) in [5.41, 5.74) is 2.71. The van der Waals surface area contributed by atoms with Crippen LogP contribution in [0.1, 0.15) is 63.5 Å². The first-order valence-electron chi connectivity index (χ1n) is 11.9. The number of carboxylic acids is 1. The van der Waals surface area contributed by atoms with Crippen molar-refractivity contribution < 1.29 is 14.6 Å². The highest BCUT2D eigenvalue weighted by Gasteiger charge is 2.29. The fourth-order valence-corrected chi connectivity index (χ4v) is 4.21. The van der Waals surface area contributed by atoms with E-state index in [1.54, 1.807) is 30.1 Å². The van der Waals surface area contributed by atoms with Crippen molar-refractivity contribution in [3.63, 3.8) is 0 Å². The number of hydrogen-bond acceptors (Lipinski definition) is 9. The number of nitriles is 1. The molecule has 2 N–H and O–H groups in total. The van der Waals surface area contributed by atoms with E-state index < -0.39 is 11.9 Å². The Kier molecular flexibility index (Phi) is 7.15. The summed E-state index contributed by atoms with van der Waals surface area (Å²) in [7, 11) is 1.78. The molecule has 1 aliphatic rings. The van der Waals surface area contributed by atoms with Crippen LogP contribution in [0.3, 0.4) is 0 Å². The Morgan fingerprint density at radius 3 is 2.81 bits per heavy atom. The number of pyridine rings is 1. The van der Waals surface area contributed by atoms with Crippen molar-refractivity contribution in [3.05, 3.63) is 41.5 Å². The average Bonchev–Trinajstić information content (AvgIpc) is 3.23. The Balaban J connectivity index is 1.53. The Morgan fingerprint density at radius 1 is 1.28 bits per heavy atom. The van der Waals surface area contributed by atoms with Gasteiger partial charge in [0.1, 0.15) is 11.8 Å². The molecule has 1 fully saturated rings. The number of nitrogens with zero attached hydrogens (tertiary/aromatic N) is 7. The zero-order valence-electron chi connectivity index (χ0n) is 20.9. The summed E-state index contributed by atoms with van der Waals surface area (Å²) < 4.78 is 7.65. The van der Waals surface area contributed by atoms with Gasteiger partial charge in [-0.1, -0.05) is 26.0 Å². The van der Waals surface area contributed by atoms with Gasteiger partial charge in [0.25, 0.3) is 0 Å². The van der Waals surface area contributed by atoms with E-state index in [9.17, 15) is 15.2 Å².